The number of carbonyl (C=O) groups is 2. The van der Waals surface area contributed by atoms with E-state index in [0.29, 0.717) is 11.3 Å². The molecule has 2 N–H and O–H groups in total. The SMILES string of the molecule is CC1CCn2c(cc3ccc(C(N)=O)cc32)C(=O)N1C. The molecule has 5 nitrogen and oxygen atoms in total. The van der Waals surface area contributed by atoms with E-state index in [1.807, 2.05) is 30.7 Å². The molecule has 20 heavy (non-hydrogen) atoms. The fourth-order valence-corrected chi connectivity index (χ4v) is 2.72. The van der Waals surface area contributed by atoms with E-state index in [-0.39, 0.29) is 11.9 Å². The largest absolute Gasteiger partial charge is 0.366 e. The van der Waals surface area contributed by atoms with Crippen LogP contribution in [0.5, 0.6) is 0 Å². The maximum atomic E-state index is 12.4. The number of primary amides is 1. The molecule has 1 aliphatic rings. The fourth-order valence-electron chi connectivity index (χ4n) is 2.72. The molecule has 1 aromatic carbocycles. The van der Waals surface area contributed by atoms with Gasteiger partial charge < -0.3 is 15.2 Å². The maximum Gasteiger partial charge on any atom is 0.270 e. The zero-order valence-electron chi connectivity index (χ0n) is 11.6. The average molecular weight is 271 g/mol. The van der Waals surface area contributed by atoms with Crippen LogP contribution in [0.2, 0.25) is 0 Å². The van der Waals surface area contributed by atoms with Crippen LogP contribution in [0, 0.1) is 0 Å². The number of rotatable bonds is 1. The van der Waals surface area contributed by atoms with Crippen molar-refractivity contribution in [3.8, 4) is 0 Å². The van der Waals surface area contributed by atoms with Gasteiger partial charge >= 0.3 is 0 Å². The van der Waals surface area contributed by atoms with Crippen LogP contribution in [0.15, 0.2) is 24.3 Å². The minimum Gasteiger partial charge on any atom is -0.366 e. The van der Waals surface area contributed by atoms with Crippen molar-refractivity contribution in [2.45, 2.75) is 25.9 Å². The van der Waals surface area contributed by atoms with Gasteiger partial charge in [-0.05, 0) is 31.5 Å². The van der Waals surface area contributed by atoms with Gasteiger partial charge in [-0.2, -0.15) is 0 Å². The summed E-state index contributed by atoms with van der Waals surface area (Å²) in [6, 6.07) is 7.40. The Kier molecular flexibility index (Phi) is 2.78. The van der Waals surface area contributed by atoms with E-state index in [0.717, 1.165) is 23.9 Å². The third kappa shape index (κ3) is 1.78. The Labute approximate surface area is 117 Å². The molecule has 104 valence electrons. The van der Waals surface area contributed by atoms with Gasteiger partial charge in [0.1, 0.15) is 5.69 Å². The van der Waals surface area contributed by atoms with Crippen molar-refractivity contribution in [1.29, 1.82) is 0 Å². The molecule has 2 heterocycles. The van der Waals surface area contributed by atoms with E-state index in [1.54, 1.807) is 17.0 Å². The highest BCUT2D eigenvalue weighted by molar-refractivity contribution is 6.01. The minimum absolute atomic E-state index is 0.0202. The predicted octanol–water partition coefficient (Wildman–Crippen LogP) is 1.60. The lowest BCUT2D eigenvalue weighted by atomic mass is 10.1. The van der Waals surface area contributed by atoms with E-state index in [1.165, 1.54) is 0 Å². The quantitative estimate of drug-likeness (QED) is 0.856. The lowest BCUT2D eigenvalue weighted by Gasteiger charge is -2.21. The van der Waals surface area contributed by atoms with Gasteiger partial charge in [-0.25, -0.2) is 0 Å². The van der Waals surface area contributed by atoms with Crippen molar-refractivity contribution in [3.05, 3.63) is 35.5 Å². The second kappa shape index (κ2) is 4.37. The van der Waals surface area contributed by atoms with Gasteiger partial charge in [-0.3, -0.25) is 9.59 Å². The number of nitrogens with two attached hydrogens (primary N) is 1. The van der Waals surface area contributed by atoms with Crippen LogP contribution in [0.4, 0.5) is 0 Å². The maximum absolute atomic E-state index is 12.4. The van der Waals surface area contributed by atoms with Crippen LogP contribution in [-0.4, -0.2) is 34.4 Å². The number of aromatic nitrogens is 1. The molecule has 0 saturated heterocycles. The molecular formula is C15H17N3O2. The van der Waals surface area contributed by atoms with Crippen molar-refractivity contribution in [2.24, 2.45) is 5.73 Å². The Balaban J connectivity index is 2.22. The summed E-state index contributed by atoms with van der Waals surface area (Å²) in [7, 11) is 1.83. The topological polar surface area (TPSA) is 68.3 Å². The van der Waals surface area contributed by atoms with Crippen molar-refractivity contribution in [2.75, 3.05) is 7.05 Å². The number of benzene rings is 1. The highest BCUT2D eigenvalue weighted by Crippen LogP contribution is 2.26. The summed E-state index contributed by atoms with van der Waals surface area (Å²) in [5.74, 6) is -0.431. The number of hydrogen-bond acceptors (Lipinski definition) is 2. The molecule has 0 radical (unpaired) electrons. The lowest BCUT2D eigenvalue weighted by Crippen LogP contribution is -2.33. The summed E-state index contributed by atoms with van der Waals surface area (Å²) in [6.07, 6.45) is 0.889. The van der Waals surface area contributed by atoms with E-state index >= 15 is 0 Å². The normalized spacial score (nSPS) is 19.0. The zero-order valence-corrected chi connectivity index (χ0v) is 11.6. The molecule has 2 amide bonds. The molecule has 1 aliphatic heterocycles. The van der Waals surface area contributed by atoms with Crippen LogP contribution < -0.4 is 5.73 Å². The number of nitrogens with zero attached hydrogens (tertiary/aromatic N) is 2. The Morgan fingerprint density at radius 2 is 2.10 bits per heavy atom. The standard InChI is InChI=1S/C15H17N3O2/c1-9-5-6-18-12-8-11(14(16)19)4-3-10(12)7-13(18)15(20)17(9)2/h3-4,7-9H,5-6H2,1-2H3,(H2,16,19). The van der Waals surface area contributed by atoms with E-state index in [2.05, 4.69) is 0 Å². The molecule has 0 saturated carbocycles. The third-order valence-electron chi connectivity index (χ3n) is 4.16. The summed E-state index contributed by atoms with van der Waals surface area (Å²) >= 11 is 0. The third-order valence-corrected chi connectivity index (χ3v) is 4.16. The number of fused-ring (bicyclic) bond motifs is 3. The van der Waals surface area contributed by atoms with Crippen molar-refractivity contribution < 1.29 is 9.59 Å². The fraction of sp³-hybridized carbons (Fsp3) is 0.333. The highest BCUT2D eigenvalue weighted by Gasteiger charge is 2.26. The summed E-state index contributed by atoms with van der Waals surface area (Å²) in [5, 5.41) is 0.960. The zero-order chi connectivity index (χ0) is 14.4. The van der Waals surface area contributed by atoms with Crippen molar-refractivity contribution in [1.82, 2.24) is 9.47 Å². The first-order chi connectivity index (χ1) is 9.49. The first-order valence-corrected chi connectivity index (χ1v) is 6.69. The molecule has 0 bridgehead atoms. The smallest absolute Gasteiger partial charge is 0.270 e. The second-order valence-corrected chi connectivity index (χ2v) is 5.37. The Bertz CT molecular complexity index is 717. The Morgan fingerprint density at radius 3 is 2.80 bits per heavy atom. The van der Waals surface area contributed by atoms with E-state index < -0.39 is 5.91 Å². The highest BCUT2D eigenvalue weighted by atomic mass is 16.2. The number of aryl methyl sites for hydroxylation is 1. The number of hydrogen-bond donors (Lipinski definition) is 1. The van der Waals surface area contributed by atoms with Gasteiger partial charge in [-0.15, -0.1) is 0 Å². The van der Waals surface area contributed by atoms with Crippen LogP contribution in [0.3, 0.4) is 0 Å². The predicted molar refractivity (Wildman–Crippen MR) is 76.6 cm³/mol. The molecule has 2 aromatic rings. The van der Waals surface area contributed by atoms with Crippen LogP contribution in [0.1, 0.15) is 34.2 Å². The van der Waals surface area contributed by atoms with Crippen LogP contribution >= 0.6 is 0 Å². The monoisotopic (exact) mass is 271 g/mol. The molecule has 0 aliphatic carbocycles. The van der Waals surface area contributed by atoms with Gasteiger partial charge in [0.05, 0.1) is 0 Å². The molecule has 0 spiro atoms. The van der Waals surface area contributed by atoms with Gasteiger partial charge in [0, 0.05) is 36.1 Å². The number of carbonyl (C=O) groups excluding carboxylic acids is 2. The van der Waals surface area contributed by atoms with E-state index in [9.17, 15) is 9.59 Å². The second-order valence-electron chi connectivity index (χ2n) is 5.37. The summed E-state index contributed by atoms with van der Waals surface area (Å²) in [4.78, 5) is 25.5. The summed E-state index contributed by atoms with van der Waals surface area (Å²) in [6.45, 7) is 2.81. The first kappa shape index (κ1) is 12.7. The lowest BCUT2D eigenvalue weighted by molar-refractivity contribution is 0.0745. The minimum atomic E-state index is -0.451. The van der Waals surface area contributed by atoms with Crippen molar-refractivity contribution in [3.63, 3.8) is 0 Å². The average Bonchev–Trinajstić information content (AvgIpc) is 2.75. The van der Waals surface area contributed by atoms with Gasteiger partial charge in [0.15, 0.2) is 0 Å². The molecule has 5 heteroatoms. The van der Waals surface area contributed by atoms with Gasteiger partial charge in [-0.1, -0.05) is 6.07 Å². The molecule has 0 fully saturated rings. The van der Waals surface area contributed by atoms with Crippen LogP contribution in [0.25, 0.3) is 10.9 Å². The Hall–Kier alpha value is -2.30. The van der Waals surface area contributed by atoms with Gasteiger partial charge in [0.2, 0.25) is 5.91 Å². The summed E-state index contributed by atoms with van der Waals surface area (Å²) in [5.41, 5.74) is 7.37. The van der Waals surface area contributed by atoms with Crippen LogP contribution in [-0.2, 0) is 6.54 Å². The molecule has 1 unspecified atom stereocenters. The molecular weight excluding hydrogens is 254 g/mol. The van der Waals surface area contributed by atoms with Crippen molar-refractivity contribution >= 4 is 22.7 Å². The number of amides is 2. The first-order valence-electron chi connectivity index (χ1n) is 6.69. The summed E-state index contributed by atoms with van der Waals surface area (Å²) < 4.78 is 1.99. The molecule has 1 atom stereocenters. The van der Waals surface area contributed by atoms with Gasteiger partial charge in [0.25, 0.3) is 5.91 Å². The molecule has 1 aromatic heterocycles. The van der Waals surface area contributed by atoms with E-state index in [4.69, 9.17) is 5.73 Å². The Morgan fingerprint density at radius 1 is 1.35 bits per heavy atom. The molecule has 3 rings (SSSR count).